The number of halogens is 1. The molecule has 0 radical (unpaired) electrons. The van der Waals surface area contributed by atoms with E-state index >= 15 is 0 Å². The van der Waals surface area contributed by atoms with Crippen molar-refractivity contribution in [3.63, 3.8) is 0 Å². The van der Waals surface area contributed by atoms with Gasteiger partial charge in [-0.25, -0.2) is 0 Å². The SMILES string of the molecule is Cl.NC1CCC(NC(=O)CN2CCCCCC2=O)CC1. The van der Waals surface area contributed by atoms with Crippen LogP contribution in [0.15, 0.2) is 0 Å². The van der Waals surface area contributed by atoms with Crippen molar-refractivity contribution in [3.8, 4) is 0 Å². The second kappa shape index (κ2) is 8.47. The number of likely N-dealkylation sites (tertiary alicyclic amines) is 1. The van der Waals surface area contributed by atoms with Crippen LogP contribution in [0.3, 0.4) is 0 Å². The summed E-state index contributed by atoms with van der Waals surface area (Å²) in [6, 6.07) is 0.537. The molecule has 0 aromatic carbocycles. The molecule has 1 aliphatic heterocycles. The number of hydrogen-bond donors (Lipinski definition) is 2. The van der Waals surface area contributed by atoms with Crippen molar-refractivity contribution < 1.29 is 9.59 Å². The number of rotatable bonds is 3. The average molecular weight is 304 g/mol. The number of nitrogens with one attached hydrogen (secondary N) is 1. The van der Waals surface area contributed by atoms with E-state index in [1.807, 2.05) is 0 Å². The number of nitrogens with two attached hydrogens (primary N) is 1. The lowest BCUT2D eigenvalue weighted by Crippen LogP contribution is -2.46. The molecular formula is C14H26ClN3O2. The molecule has 1 aliphatic carbocycles. The highest BCUT2D eigenvalue weighted by molar-refractivity contribution is 5.85. The first-order valence-corrected chi connectivity index (χ1v) is 7.48. The summed E-state index contributed by atoms with van der Waals surface area (Å²) in [5, 5.41) is 3.04. The van der Waals surface area contributed by atoms with E-state index in [1.165, 1.54) is 0 Å². The van der Waals surface area contributed by atoms with Crippen molar-refractivity contribution in [2.24, 2.45) is 5.73 Å². The Morgan fingerprint density at radius 1 is 1.20 bits per heavy atom. The normalized spacial score (nSPS) is 27.4. The van der Waals surface area contributed by atoms with Crippen LogP contribution in [0.2, 0.25) is 0 Å². The van der Waals surface area contributed by atoms with Gasteiger partial charge in [-0.05, 0) is 38.5 Å². The van der Waals surface area contributed by atoms with E-state index in [0.717, 1.165) is 51.5 Å². The molecule has 20 heavy (non-hydrogen) atoms. The Kier molecular flexibility index (Phi) is 7.30. The van der Waals surface area contributed by atoms with Crippen molar-refractivity contribution in [1.82, 2.24) is 10.2 Å². The fourth-order valence-corrected chi connectivity index (χ4v) is 2.92. The van der Waals surface area contributed by atoms with Crippen LogP contribution >= 0.6 is 12.4 Å². The van der Waals surface area contributed by atoms with Gasteiger partial charge in [0, 0.05) is 25.0 Å². The van der Waals surface area contributed by atoms with Crippen LogP contribution in [0.4, 0.5) is 0 Å². The van der Waals surface area contributed by atoms with Crippen LogP contribution in [0.1, 0.15) is 51.4 Å². The van der Waals surface area contributed by atoms with Gasteiger partial charge in [0.05, 0.1) is 6.54 Å². The van der Waals surface area contributed by atoms with Gasteiger partial charge in [-0.2, -0.15) is 0 Å². The van der Waals surface area contributed by atoms with Crippen molar-refractivity contribution >= 4 is 24.2 Å². The number of nitrogens with zero attached hydrogens (tertiary/aromatic N) is 1. The highest BCUT2D eigenvalue weighted by atomic mass is 35.5. The summed E-state index contributed by atoms with van der Waals surface area (Å²) in [5.74, 6) is 0.106. The molecule has 2 aliphatic rings. The van der Waals surface area contributed by atoms with Crippen LogP contribution in [0.5, 0.6) is 0 Å². The molecule has 0 unspecified atom stereocenters. The second-order valence-corrected chi connectivity index (χ2v) is 5.81. The van der Waals surface area contributed by atoms with E-state index in [2.05, 4.69) is 5.32 Å². The van der Waals surface area contributed by atoms with E-state index in [-0.39, 0.29) is 36.8 Å². The molecule has 2 amide bonds. The third kappa shape index (κ3) is 5.29. The third-order valence-corrected chi connectivity index (χ3v) is 4.14. The smallest absolute Gasteiger partial charge is 0.239 e. The molecule has 1 heterocycles. The van der Waals surface area contributed by atoms with Crippen molar-refractivity contribution in [3.05, 3.63) is 0 Å². The first kappa shape index (κ1) is 17.2. The maximum absolute atomic E-state index is 12.0. The van der Waals surface area contributed by atoms with Gasteiger partial charge in [0.2, 0.25) is 11.8 Å². The zero-order valence-electron chi connectivity index (χ0n) is 12.0. The van der Waals surface area contributed by atoms with Gasteiger partial charge in [0.15, 0.2) is 0 Å². The number of amides is 2. The highest BCUT2D eigenvalue weighted by Gasteiger charge is 2.23. The molecule has 116 valence electrons. The predicted octanol–water partition coefficient (Wildman–Crippen LogP) is 1.20. The summed E-state index contributed by atoms with van der Waals surface area (Å²) in [7, 11) is 0. The highest BCUT2D eigenvalue weighted by Crippen LogP contribution is 2.17. The maximum atomic E-state index is 12.0. The summed E-state index contributed by atoms with van der Waals surface area (Å²) >= 11 is 0. The quantitative estimate of drug-likeness (QED) is 0.822. The van der Waals surface area contributed by atoms with Crippen LogP contribution in [-0.2, 0) is 9.59 Å². The molecule has 3 N–H and O–H groups in total. The Morgan fingerprint density at radius 3 is 2.60 bits per heavy atom. The molecule has 0 spiro atoms. The van der Waals surface area contributed by atoms with Gasteiger partial charge in [-0.3, -0.25) is 9.59 Å². The largest absolute Gasteiger partial charge is 0.352 e. The van der Waals surface area contributed by atoms with E-state index < -0.39 is 0 Å². The van der Waals surface area contributed by atoms with Gasteiger partial charge >= 0.3 is 0 Å². The lowest BCUT2D eigenvalue weighted by atomic mass is 9.92. The first-order chi connectivity index (χ1) is 9.15. The fraction of sp³-hybridized carbons (Fsp3) is 0.857. The molecular weight excluding hydrogens is 278 g/mol. The van der Waals surface area contributed by atoms with E-state index in [4.69, 9.17) is 5.73 Å². The third-order valence-electron chi connectivity index (χ3n) is 4.14. The minimum atomic E-state index is -0.0179. The predicted molar refractivity (Wildman–Crippen MR) is 80.7 cm³/mol. The summed E-state index contributed by atoms with van der Waals surface area (Å²) in [6.45, 7) is 0.948. The zero-order valence-corrected chi connectivity index (χ0v) is 12.8. The number of carbonyl (C=O) groups is 2. The first-order valence-electron chi connectivity index (χ1n) is 7.48. The van der Waals surface area contributed by atoms with Crippen LogP contribution in [0.25, 0.3) is 0 Å². The van der Waals surface area contributed by atoms with Crippen LogP contribution in [0, 0.1) is 0 Å². The van der Waals surface area contributed by atoms with E-state index in [0.29, 0.717) is 12.5 Å². The molecule has 2 fully saturated rings. The summed E-state index contributed by atoms with van der Waals surface area (Å²) < 4.78 is 0. The topological polar surface area (TPSA) is 75.4 Å². The lowest BCUT2D eigenvalue weighted by Gasteiger charge is -2.28. The van der Waals surface area contributed by atoms with Gasteiger partial charge in [-0.15, -0.1) is 12.4 Å². The Hall–Kier alpha value is -0.810. The van der Waals surface area contributed by atoms with E-state index in [9.17, 15) is 9.59 Å². The fourth-order valence-electron chi connectivity index (χ4n) is 2.92. The molecule has 1 saturated carbocycles. The molecule has 1 saturated heterocycles. The number of hydrogen-bond acceptors (Lipinski definition) is 3. The molecule has 0 aromatic heterocycles. The minimum Gasteiger partial charge on any atom is -0.352 e. The molecule has 0 aromatic rings. The molecule has 0 bridgehead atoms. The van der Waals surface area contributed by atoms with Gasteiger partial charge in [0.25, 0.3) is 0 Å². The Labute approximate surface area is 127 Å². The monoisotopic (exact) mass is 303 g/mol. The van der Waals surface area contributed by atoms with Crippen molar-refractivity contribution in [1.29, 1.82) is 0 Å². The standard InChI is InChI=1S/C14H25N3O2.ClH/c15-11-5-7-12(8-6-11)16-13(18)10-17-9-3-1-2-4-14(17)19;/h11-12H,1-10,15H2,(H,16,18);1H. The molecule has 0 atom stereocenters. The van der Waals surface area contributed by atoms with Gasteiger partial charge in [-0.1, -0.05) is 6.42 Å². The van der Waals surface area contributed by atoms with Crippen molar-refractivity contribution in [2.75, 3.05) is 13.1 Å². The summed E-state index contributed by atoms with van der Waals surface area (Å²) in [6.07, 6.45) is 7.52. The molecule has 6 heteroatoms. The summed E-state index contributed by atoms with van der Waals surface area (Å²) in [4.78, 5) is 25.5. The summed E-state index contributed by atoms with van der Waals surface area (Å²) in [5.41, 5.74) is 5.85. The van der Waals surface area contributed by atoms with Gasteiger partial charge < -0.3 is 16.0 Å². The lowest BCUT2D eigenvalue weighted by molar-refractivity contribution is -0.135. The second-order valence-electron chi connectivity index (χ2n) is 5.81. The van der Waals surface area contributed by atoms with E-state index in [1.54, 1.807) is 4.90 Å². The minimum absolute atomic E-state index is 0. The zero-order chi connectivity index (χ0) is 13.7. The Morgan fingerprint density at radius 2 is 1.90 bits per heavy atom. The molecule has 5 nitrogen and oxygen atoms in total. The van der Waals surface area contributed by atoms with Crippen LogP contribution < -0.4 is 11.1 Å². The molecule has 2 rings (SSSR count). The van der Waals surface area contributed by atoms with Crippen LogP contribution in [-0.4, -0.2) is 41.9 Å². The number of carbonyl (C=O) groups excluding carboxylic acids is 2. The Balaban J connectivity index is 0.00000200. The van der Waals surface area contributed by atoms with Gasteiger partial charge in [0.1, 0.15) is 0 Å². The average Bonchev–Trinajstić information content (AvgIpc) is 2.58. The maximum Gasteiger partial charge on any atom is 0.239 e. The van der Waals surface area contributed by atoms with Crippen molar-refractivity contribution in [2.45, 2.75) is 63.5 Å². The Bertz CT molecular complexity index is 330.